The van der Waals surface area contributed by atoms with Crippen molar-refractivity contribution >= 4 is 6.09 Å². The zero-order valence-corrected chi connectivity index (χ0v) is 10.8. The van der Waals surface area contributed by atoms with Gasteiger partial charge in [-0.05, 0) is 33.6 Å². The van der Waals surface area contributed by atoms with E-state index in [1.54, 1.807) is 0 Å². The molecular formula is C12H22N2O3. The minimum atomic E-state index is -0.463. The Morgan fingerprint density at radius 2 is 1.82 bits per heavy atom. The molecule has 17 heavy (non-hydrogen) atoms. The van der Waals surface area contributed by atoms with E-state index < -0.39 is 5.60 Å². The van der Waals surface area contributed by atoms with Gasteiger partial charge in [0.05, 0.1) is 18.2 Å². The Balaban J connectivity index is 2.07. The maximum atomic E-state index is 12.1. The second-order valence-corrected chi connectivity index (χ2v) is 5.98. The van der Waals surface area contributed by atoms with Gasteiger partial charge in [-0.25, -0.2) is 4.79 Å². The van der Waals surface area contributed by atoms with Crippen molar-refractivity contribution in [2.24, 2.45) is 0 Å². The van der Waals surface area contributed by atoms with Crippen molar-refractivity contribution in [1.82, 2.24) is 10.2 Å². The first-order chi connectivity index (χ1) is 7.87. The molecule has 2 fully saturated rings. The molecule has 2 saturated heterocycles. The van der Waals surface area contributed by atoms with Crippen molar-refractivity contribution in [2.45, 2.75) is 57.4 Å². The fraction of sp³-hybridized carbons (Fsp3) is 0.917. The number of fused-ring (bicyclic) bond motifs is 2. The fourth-order valence-corrected chi connectivity index (χ4v) is 2.64. The Morgan fingerprint density at radius 3 is 2.29 bits per heavy atom. The smallest absolute Gasteiger partial charge is 0.410 e. The number of piperazine rings is 1. The quantitative estimate of drug-likeness (QED) is 0.657. The molecule has 2 rings (SSSR count). The van der Waals surface area contributed by atoms with Gasteiger partial charge in [0.1, 0.15) is 5.60 Å². The maximum absolute atomic E-state index is 12.1. The lowest BCUT2D eigenvalue weighted by atomic mass is 9.90. The zero-order chi connectivity index (χ0) is 12.6. The highest BCUT2D eigenvalue weighted by molar-refractivity contribution is 5.69. The first-order valence-corrected chi connectivity index (χ1v) is 6.27. The van der Waals surface area contributed by atoms with Crippen molar-refractivity contribution in [3.8, 4) is 0 Å². The number of ether oxygens (including phenoxy) is 1. The number of nitrogens with one attached hydrogen (secondary N) is 1. The molecule has 5 heteroatoms. The van der Waals surface area contributed by atoms with Gasteiger partial charge < -0.3 is 15.2 Å². The SMILES string of the molecule is CC(C)(C)OC(=O)N1C2CNCC1CC(O)C2. The highest BCUT2D eigenvalue weighted by atomic mass is 16.6. The van der Waals surface area contributed by atoms with E-state index in [0.717, 1.165) is 13.1 Å². The number of piperidine rings is 1. The number of hydrogen-bond donors (Lipinski definition) is 2. The largest absolute Gasteiger partial charge is 0.444 e. The van der Waals surface area contributed by atoms with Crippen molar-refractivity contribution < 1.29 is 14.6 Å². The number of carbonyl (C=O) groups excluding carboxylic acids is 1. The molecule has 0 saturated carbocycles. The lowest BCUT2D eigenvalue weighted by molar-refractivity contribution is -0.0398. The van der Waals surface area contributed by atoms with Gasteiger partial charge in [-0.3, -0.25) is 4.90 Å². The minimum absolute atomic E-state index is 0.0624. The third-order valence-corrected chi connectivity index (χ3v) is 3.24. The van der Waals surface area contributed by atoms with Gasteiger partial charge >= 0.3 is 6.09 Å². The zero-order valence-electron chi connectivity index (χ0n) is 10.8. The van der Waals surface area contributed by atoms with Crippen LogP contribution in [-0.4, -0.2) is 53.0 Å². The molecule has 0 aromatic heterocycles. The van der Waals surface area contributed by atoms with Crippen LogP contribution in [0.2, 0.25) is 0 Å². The molecular weight excluding hydrogens is 220 g/mol. The number of aliphatic hydroxyl groups excluding tert-OH is 1. The first-order valence-electron chi connectivity index (χ1n) is 6.27. The summed E-state index contributed by atoms with van der Waals surface area (Å²) in [6.45, 7) is 7.10. The highest BCUT2D eigenvalue weighted by Gasteiger charge is 2.42. The third kappa shape index (κ3) is 2.90. The average molecular weight is 242 g/mol. The van der Waals surface area contributed by atoms with E-state index >= 15 is 0 Å². The van der Waals surface area contributed by atoms with Gasteiger partial charge in [0, 0.05) is 13.1 Å². The van der Waals surface area contributed by atoms with Crippen LogP contribution >= 0.6 is 0 Å². The summed E-state index contributed by atoms with van der Waals surface area (Å²) in [5, 5.41) is 13.0. The number of carbonyl (C=O) groups is 1. The molecule has 2 N–H and O–H groups in total. The van der Waals surface area contributed by atoms with Crippen LogP contribution in [0.4, 0.5) is 4.79 Å². The van der Waals surface area contributed by atoms with Crippen LogP contribution < -0.4 is 5.32 Å². The Hall–Kier alpha value is -0.810. The van der Waals surface area contributed by atoms with E-state index in [4.69, 9.17) is 4.74 Å². The third-order valence-electron chi connectivity index (χ3n) is 3.24. The molecule has 5 nitrogen and oxygen atoms in total. The summed E-state index contributed by atoms with van der Waals surface area (Å²) >= 11 is 0. The Morgan fingerprint density at radius 1 is 1.29 bits per heavy atom. The average Bonchev–Trinajstić information content (AvgIpc) is 2.12. The number of rotatable bonds is 0. The molecule has 0 aromatic carbocycles. The first kappa shape index (κ1) is 12.6. The molecule has 0 aromatic rings. The second-order valence-electron chi connectivity index (χ2n) is 5.98. The van der Waals surface area contributed by atoms with Gasteiger partial charge in [0.15, 0.2) is 0 Å². The molecule has 0 radical (unpaired) electrons. The number of amides is 1. The van der Waals surface area contributed by atoms with Crippen LogP contribution in [-0.2, 0) is 4.74 Å². The number of hydrogen-bond acceptors (Lipinski definition) is 4. The summed E-state index contributed by atoms with van der Waals surface area (Å²) in [7, 11) is 0. The molecule has 0 spiro atoms. The van der Waals surface area contributed by atoms with E-state index in [0.29, 0.717) is 12.8 Å². The molecule has 2 aliphatic rings. The summed E-state index contributed by atoms with van der Waals surface area (Å²) in [6.07, 6.45) is 0.748. The summed E-state index contributed by atoms with van der Waals surface area (Å²) in [4.78, 5) is 13.9. The molecule has 2 unspecified atom stereocenters. The minimum Gasteiger partial charge on any atom is -0.444 e. The monoisotopic (exact) mass is 242 g/mol. The van der Waals surface area contributed by atoms with Crippen LogP contribution in [0, 0.1) is 0 Å². The number of nitrogens with zero attached hydrogens (tertiary/aromatic N) is 1. The normalized spacial score (nSPS) is 33.4. The van der Waals surface area contributed by atoms with Gasteiger partial charge in [-0.15, -0.1) is 0 Å². The lowest BCUT2D eigenvalue weighted by Gasteiger charge is -2.47. The molecule has 1 amide bonds. The molecule has 2 bridgehead atoms. The lowest BCUT2D eigenvalue weighted by Crippen LogP contribution is -2.64. The van der Waals surface area contributed by atoms with Gasteiger partial charge in [-0.1, -0.05) is 0 Å². The number of aliphatic hydroxyl groups is 1. The topological polar surface area (TPSA) is 61.8 Å². The van der Waals surface area contributed by atoms with E-state index in [1.165, 1.54) is 0 Å². The van der Waals surface area contributed by atoms with Crippen LogP contribution in [0.5, 0.6) is 0 Å². The van der Waals surface area contributed by atoms with Crippen LogP contribution in [0.3, 0.4) is 0 Å². The summed E-state index contributed by atoms with van der Waals surface area (Å²) in [5.41, 5.74) is -0.463. The van der Waals surface area contributed by atoms with Crippen LogP contribution in [0.1, 0.15) is 33.6 Å². The van der Waals surface area contributed by atoms with Crippen molar-refractivity contribution in [3.05, 3.63) is 0 Å². The van der Waals surface area contributed by atoms with Gasteiger partial charge in [-0.2, -0.15) is 0 Å². The van der Waals surface area contributed by atoms with E-state index in [-0.39, 0.29) is 24.3 Å². The van der Waals surface area contributed by atoms with E-state index in [9.17, 15) is 9.90 Å². The van der Waals surface area contributed by atoms with Crippen LogP contribution in [0.15, 0.2) is 0 Å². The van der Waals surface area contributed by atoms with Crippen molar-refractivity contribution in [2.75, 3.05) is 13.1 Å². The fourth-order valence-electron chi connectivity index (χ4n) is 2.64. The molecule has 0 aliphatic carbocycles. The summed E-state index contributed by atoms with van der Waals surface area (Å²) in [6, 6.07) is 0.125. The van der Waals surface area contributed by atoms with Crippen LogP contribution in [0.25, 0.3) is 0 Å². The maximum Gasteiger partial charge on any atom is 0.410 e. The van der Waals surface area contributed by atoms with E-state index in [2.05, 4.69) is 5.32 Å². The van der Waals surface area contributed by atoms with Gasteiger partial charge in [0.25, 0.3) is 0 Å². The van der Waals surface area contributed by atoms with Crippen molar-refractivity contribution in [1.29, 1.82) is 0 Å². The van der Waals surface area contributed by atoms with Gasteiger partial charge in [0.2, 0.25) is 0 Å². The Kier molecular flexibility index (Phi) is 3.32. The molecule has 2 atom stereocenters. The predicted molar refractivity (Wildman–Crippen MR) is 63.8 cm³/mol. The van der Waals surface area contributed by atoms with E-state index in [1.807, 2.05) is 25.7 Å². The molecule has 98 valence electrons. The molecule has 2 aliphatic heterocycles. The Bertz CT molecular complexity index is 287. The second kappa shape index (κ2) is 4.46. The Labute approximate surface area is 102 Å². The predicted octanol–water partition coefficient (Wildman–Crippen LogP) is 0.719. The van der Waals surface area contributed by atoms with Crippen molar-refractivity contribution in [3.63, 3.8) is 0 Å². The summed E-state index contributed by atoms with van der Waals surface area (Å²) in [5.74, 6) is 0. The standard InChI is InChI=1S/C12H22N2O3/c1-12(2,3)17-11(16)14-8-4-10(15)5-9(14)7-13-6-8/h8-10,13,15H,4-7H2,1-3H3. The molecule has 2 heterocycles. The summed E-state index contributed by atoms with van der Waals surface area (Å²) < 4.78 is 5.43. The highest BCUT2D eigenvalue weighted by Crippen LogP contribution is 2.27.